The van der Waals surface area contributed by atoms with Crippen molar-refractivity contribution in [2.75, 3.05) is 4.72 Å². The predicted molar refractivity (Wildman–Crippen MR) is 85.9 cm³/mol. The van der Waals surface area contributed by atoms with Crippen molar-refractivity contribution < 1.29 is 12.9 Å². The van der Waals surface area contributed by atoms with Gasteiger partial charge in [-0.05, 0) is 19.8 Å². The Kier molecular flexibility index (Phi) is 3.55. The minimum absolute atomic E-state index is 0.138. The molecular formula is C15H22N4O3S. The van der Waals surface area contributed by atoms with Gasteiger partial charge in [-0.15, -0.1) is 0 Å². The Morgan fingerprint density at radius 1 is 1.35 bits per heavy atom. The summed E-state index contributed by atoms with van der Waals surface area (Å²) in [7, 11) is -2.12. The molecule has 7 nitrogen and oxygen atoms in total. The molecule has 0 amide bonds. The molecule has 1 fully saturated rings. The maximum atomic E-state index is 12.6. The van der Waals surface area contributed by atoms with Crippen LogP contribution in [0.3, 0.4) is 0 Å². The lowest BCUT2D eigenvalue weighted by molar-refractivity contribution is 0.329. The maximum Gasteiger partial charge on any atom is 0.280 e. The fourth-order valence-electron chi connectivity index (χ4n) is 2.61. The molecule has 0 atom stereocenters. The first-order chi connectivity index (χ1) is 10.6. The smallest absolute Gasteiger partial charge is 0.280 e. The van der Waals surface area contributed by atoms with Crippen LogP contribution in [0.15, 0.2) is 15.6 Å². The molecule has 0 saturated heterocycles. The molecule has 2 heterocycles. The summed E-state index contributed by atoms with van der Waals surface area (Å²) in [6.45, 7) is 7.76. The molecule has 0 unspecified atom stereocenters. The molecule has 1 saturated carbocycles. The highest BCUT2D eigenvalue weighted by molar-refractivity contribution is 7.92. The summed E-state index contributed by atoms with van der Waals surface area (Å²) < 4.78 is 34.5. The Balaban J connectivity index is 1.91. The van der Waals surface area contributed by atoms with Crippen molar-refractivity contribution in [2.24, 2.45) is 7.05 Å². The molecule has 0 aromatic carbocycles. The number of nitrogens with one attached hydrogen (secondary N) is 1. The molecule has 0 aliphatic heterocycles. The van der Waals surface area contributed by atoms with E-state index in [4.69, 9.17) is 4.52 Å². The Bertz CT molecular complexity index is 839. The molecule has 23 heavy (non-hydrogen) atoms. The Morgan fingerprint density at radius 2 is 2.00 bits per heavy atom. The molecule has 2 aromatic heterocycles. The van der Waals surface area contributed by atoms with Crippen molar-refractivity contribution in [3.8, 4) is 0 Å². The second kappa shape index (κ2) is 5.09. The minimum atomic E-state index is -3.76. The molecule has 2 aromatic rings. The fraction of sp³-hybridized carbons (Fsp3) is 0.600. The molecule has 0 bridgehead atoms. The van der Waals surface area contributed by atoms with Gasteiger partial charge >= 0.3 is 0 Å². The number of hydrogen-bond donors (Lipinski definition) is 1. The van der Waals surface area contributed by atoms with Crippen LogP contribution in [0.4, 0.5) is 5.82 Å². The summed E-state index contributed by atoms with van der Waals surface area (Å²) in [5.41, 5.74) is 1.29. The Labute approximate surface area is 136 Å². The van der Waals surface area contributed by atoms with Crippen molar-refractivity contribution >= 4 is 15.8 Å². The number of hydrogen-bond acceptors (Lipinski definition) is 5. The lowest BCUT2D eigenvalue weighted by atomic mass is 9.91. The predicted octanol–water partition coefficient (Wildman–Crippen LogP) is 2.69. The molecule has 0 spiro atoms. The summed E-state index contributed by atoms with van der Waals surface area (Å²) in [6, 6.07) is 1.64. The van der Waals surface area contributed by atoms with Crippen LogP contribution in [0.2, 0.25) is 0 Å². The number of nitrogens with zero attached hydrogens (tertiary/aromatic N) is 3. The summed E-state index contributed by atoms with van der Waals surface area (Å²) in [6.07, 6.45) is 2.14. The lowest BCUT2D eigenvalue weighted by Gasteiger charge is -2.14. The summed E-state index contributed by atoms with van der Waals surface area (Å²) in [5, 5.41) is 8.32. The zero-order chi connectivity index (χ0) is 17.0. The fourth-order valence-corrected chi connectivity index (χ4v) is 3.83. The third-order valence-corrected chi connectivity index (χ3v) is 5.36. The van der Waals surface area contributed by atoms with E-state index in [1.54, 1.807) is 20.0 Å². The zero-order valence-electron chi connectivity index (χ0n) is 14.0. The number of anilines is 1. The molecule has 1 aliphatic rings. The van der Waals surface area contributed by atoms with E-state index in [9.17, 15) is 8.42 Å². The summed E-state index contributed by atoms with van der Waals surface area (Å²) in [4.78, 5) is 0. The van der Waals surface area contributed by atoms with E-state index >= 15 is 0 Å². The highest BCUT2D eigenvalue weighted by Crippen LogP contribution is 2.40. The molecule has 3 rings (SSSR count). The van der Waals surface area contributed by atoms with Gasteiger partial charge in [-0.2, -0.15) is 13.5 Å². The van der Waals surface area contributed by atoms with E-state index in [1.165, 1.54) is 4.68 Å². The average molecular weight is 338 g/mol. The van der Waals surface area contributed by atoms with Crippen LogP contribution in [-0.2, 0) is 22.5 Å². The van der Waals surface area contributed by atoms with Crippen LogP contribution in [-0.4, -0.2) is 23.4 Å². The number of rotatable bonds is 4. The van der Waals surface area contributed by atoms with E-state index in [-0.39, 0.29) is 16.3 Å². The minimum Gasteiger partial charge on any atom is -0.358 e. The van der Waals surface area contributed by atoms with Gasteiger partial charge in [-0.25, -0.2) is 0 Å². The third-order valence-electron chi connectivity index (χ3n) is 3.96. The standard InChI is InChI=1S/C15H22N4O3S/c1-9-13(15(2,3)4)22-17-14(9)18-23(20,21)12-8-11(10-6-7-10)16-19(12)5/h8,10H,6-7H2,1-5H3,(H,17,18). The van der Waals surface area contributed by atoms with E-state index in [2.05, 4.69) is 15.0 Å². The van der Waals surface area contributed by atoms with Crippen molar-refractivity contribution in [1.29, 1.82) is 0 Å². The van der Waals surface area contributed by atoms with Gasteiger partial charge in [0.15, 0.2) is 10.8 Å². The molecule has 1 aliphatic carbocycles. The second-order valence-corrected chi connectivity index (χ2v) is 8.78. The highest BCUT2D eigenvalue weighted by Gasteiger charge is 2.31. The van der Waals surface area contributed by atoms with E-state index in [0.717, 1.165) is 18.5 Å². The van der Waals surface area contributed by atoms with Gasteiger partial charge < -0.3 is 4.52 Å². The third kappa shape index (κ3) is 2.99. The molecule has 0 radical (unpaired) electrons. The highest BCUT2D eigenvalue weighted by atomic mass is 32.2. The average Bonchev–Trinajstić information content (AvgIpc) is 3.09. The number of sulfonamides is 1. The van der Waals surface area contributed by atoms with Gasteiger partial charge in [0, 0.05) is 30.0 Å². The largest absolute Gasteiger partial charge is 0.358 e. The van der Waals surface area contributed by atoms with Crippen molar-refractivity contribution in [1.82, 2.24) is 14.9 Å². The van der Waals surface area contributed by atoms with Crippen LogP contribution in [0.25, 0.3) is 0 Å². The SMILES string of the molecule is Cc1c(NS(=O)(=O)c2cc(C3CC3)nn2C)noc1C(C)(C)C. The van der Waals surface area contributed by atoms with Crippen molar-refractivity contribution in [3.05, 3.63) is 23.1 Å². The van der Waals surface area contributed by atoms with Gasteiger partial charge in [-0.1, -0.05) is 25.9 Å². The normalized spacial score (nSPS) is 15.9. The molecular weight excluding hydrogens is 316 g/mol. The van der Waals surface area contributed by atoms with Crippen LogP contribution in [0, 0.1) is 6.92 Å². The molecule has 126 valence electrons. The van der Waals surface area contributed by atoms with E-state index in [1.807, 2.05) is 20.8 Å². The van der Waals surface area contributed by atoms with Crippen LogP contribution < -0.4 is 4.72 Å². The van der Waals surface area contributed by atoms with Crippen molar-refractivity contribution in [3.63, 3.8) is 0 Å². The Morgan fingerprint density at radius 3 is 2.52 bits per heavy atom. The topological polar surface area (TPSA) is 90.0 Å². The first kappa shape index (κ1) is 16.0. The first-order valence-corrected chi connectivity index (χ1v) is 9.11. The molecule has 8 heteroatoms. The first-order valence-electron chi connectivity index (χ1n) is 7.63. The van der Waals surface area contributed by atoms with Crippen LogP contribution in [0.5, 0.6) is 0 Å². The van der Waals surface area contributed by atoms with Crippen LogP contribution >= 0.6 is 0 Å². The summed E-state index contributed by atoms with van der Waals surface area (Å²) >= 11 is 0. The second-order valence-electron chi connectivity index (χ2n) is 7.15. The maximum absolute atomic E-state index is 12.6. The van der Waals surface area contributed by atoms with Crippen molar-refractivity contribution in [2.45, 2.75) is 56.9 Å². The van der Waals surface area contributed by atoms with Crippen LogP contribution in [0.1, 0.15) is 56.5 Å². The Hall–Kier alpha value is -1.83. The van der Waals surface area contributed by atoms with Gasteiger partial charge in [0.2, 0.25) is 0 Å². The van der Waals surface area contributed by atoms with Gasteiger partial charge in [0.1, 0.15) is 5.76 Å². The quantitative estimate of drug-likeness (QED) is 0.925. The number of aromatic nitrogens is 3. The van der Waals surface area contributed by atoms with Gasteiger partial charge in [-0.3, -0.25) is 9.40 Å². The van der Waals surface area contributed by atoms with Gasteiger partial charge in [0.25, 0.3) is 10.0 Å². The monoisotopic (exact) mass is 338 g/mol. The zero-order valence-corrected chi connectivity index (χ0v) is 14.9. The summed E-state index contributed by atoms with van der Waals surface area (Å²) in [5.74, 6) is 1.29. The molecule has 1 N–H and O–H groups in total. The van der Waals surface area contributed by atoms with E-state index < -0.39 is 10.0 Å². The number of aryl methyl sites for hydroxylation is 1. The van der Waals surface area contributed by atoms with Gasteiger partial charge in [0.05, 0.1) is 5.69 Å². The van der Waals surface area contributed by atoms with E-state index in [0.29, 0.717) is 17.2 Å². The lowest BCUT2D eigenvalue weighted by Crippen LogP contribution is -2.18.